The number of alkyl halides is 3. The first kappa shape index (κ1) is 31.9. The van der Waals surface area contributed by atoms with Crippen LogP contribution >= 0.6 is 0 Å². The van der Waals surface area contributed by atoms with Crippen molar-refractivity contribution in [3.63, 3.8) is 0 Å². The molecule has 2 amide bonds. The Morgan fingerprint density at radius 2 is 1.63 bits per heavy atom. The standard InChI is InChI=1S/C32H37F4N7O3/c33-24-13-22(14-26(16-24)43-19-25(17-37)39-40-43)31(45)42-11-9-41(10-12-42)30(44)21-3-6-29(46-27-7-8-38-18-27)28(15-21)20-1-4-23(5-2-20)32(34,35)36/h3,6,13-16,19-20,23,27,38H,1-2,4-5,7-12,17-18,37H2/t20?,23?,27-/m0/s1. The van der Waals surface area contributed by atoms with Gasteiger partial charge in [0.25, 0.3) is 11.8 Å². The normalized spacial score (nSPS) is 22.2. The fourth-order valence-electron chi connectivity index (χ4n) is 6.57. The maximum absolute atomic E-state index is 14.5. The Balaban J connectivity index is 1.13. The molecule has 3 heterocycles. The number of nitrogens with zero attached hydrogens (tertiary/aromatic N) is 5. The van der Waals surface area contributed by atoms with Crippen LogP contribution in [0.25, 0.3) is 5.69 Å². The largest absolute Gasteiger partial charge is 0.489 e. The molecule has 1 atom stereocenters. The van der Waals surface area contributed by atoms with Crippen molar-refractivity contribution in [2.45, 2.75) is 56.8 Å². The quantitative estimate of drug-likeness (QED) is 0.373. The number of carbonyl (C=O) groups excluding carboxylic acids is 2. The Kier molecular flexibility index (Phi) is 9.27. The molecular formula is C32H37F4N7O3. The summed E-state index contributed by atoms with van der Waals surface area (Å²) in [6, 6.07) is 9.21. The molecule has 3 aromatic rings. The molecule has 2 aliphatic heterocycles. The minimum absolute atomic E-state index is 0.0359. The van der Waals surface area contributed by atoms with Crippen molar-refractivity contribution >= 4 is 11.8 Å². The van der Waals surface area contributed by atoms with Crippen molar-refractivity contribution in [3.8, 4) is 11.4 Å². The van der Waals surface area contributed by atoms with Gasteiger partial charge in [-0.2, -0.15) is 13.2 Å². The number of rotatable bonds is 7. The first-order valence-electron chi connectivity index (χ1n) is 15.7. The van der Waals surface area contributed by atoms with Crippen molar-refractivity contribution in [2.75, 3.05) is 39.3 Å². The minimum atomic E-state index is -4.20. The molecule has 2 saturated heterocycles. The van der Waals surface area contributed by atoms with Crippen molar-refractivity contribution in [1.82, 2.24) is 30.1 Å². The molecule has 10 nitrogen and oxygen atoms in total. The zero-order valence-corrected chi connectivity index (χ0v) is 25.3. The van der Waals surface area contributed by atoms with Crippen molar-refractivity contribution in [2.24, 2.45) is 11.7 Å². The van der Waals surface area contributed by atoms with Crippen LogP contribution in [-0.2, 0) is 6.54 Å². The average molecular weight is 644 g/mol. The highest BCUT2D eigenvalue weighted by Crippen LogP contribution is 2.45. The lowest BCUT2D eigenvalue weighted by Crippen LogP contribution is -2.50. The van der Waals surface area contributed by atoms with Gasteiger partial charge < -0.3 is 25.6 Å². The average Bonchev–Trinajstić information content (AvgIpc) is 3.76. The van der Waals surface area contributed by atoms with Gasteiger partial charge in [-0.1, -0.05) is 5.21 Å². The van der Waals surface area contributed by atoms with E-state index in [9.17, 15) is 27.2 Å². The molecule has 3 aliphatic rings. The van der Waals surface area contributed by atoms with Crippen LogP contribution in [-0.4, -0.2) is 88.2 Å². The number of hydrogen-bond acceptors (Lipinski definition) is 7. The van der Waals surface area contributed by atoms with E-state index in [0.717, 1.165) is 18.5 Å². The van der Waals surface area contributed by atoms with Crippen LogP contribution in [0.15, 0.2) is 42.6 Å². The molecule has 1 aliphatic carbocycles. The van der Waals surface area contributed by atoms with Gasteiger partial charge in [0.2, 0.25) is 0 Å². The Bertz CT molecular complexity index is 1560. The predicted octanol–water partition coefficient (Wildman–Crippen LogP) is 4.04. The Morgan fingerprint density at radius 3 is 2.24 bits per heavy atom. The molecule has 1 saturated carbocycles. The van der Waals surface area contributed by atoms with E-state index < -0.39 is 17.9 Å². The van der Waals surface area contributed by atoms with Gasteiger partial charge in [0.1, 0.15) is 17.7 Å². The van der Waals surface area contributed by atoms with Gasteiger partial charge in [-0.25, -0.2) is 9.07 Å². The summed E-state index contributed by atoms with van der Waals surface area (Å²) in [5.74, 6) is -2.01. The highest BCUT2D eigenvalue weighted by Gasteiger charge is 2.42. The lowest BCUT2D eigenvalue weighted by Gasteiger charge is -2.35. The number of hydrogen-bond donors (Lipinski definition) is 2. The molecule has 14 heteroatoms. The number of amides is 2. The summed E-state index contributed by atoms with van der Waals surface area (Å²) in [5, 5.41) is 11.1. The minimum Gasteiger partial charge on any atom is -0.489 e. The molecule has 246 valence electrons. The van der Waals surface area contributed by atoms with Gasteiger partial charge in [0.15, 0.2) is 0 Å². The fraction of sp³-hybridized carbons (Fsp3) is 0.500. The van der Waals surface area contributed by atoms with Crippen LogP contribution < -0.4 is 15.8 Å². The maximum atomic E-state index is 14.5. The van der Waals surface area contributed by atoms with Crippen LogP contribution in [0.1, 0.15) is 70.0 Å². The van der Waals surface area contributed by atoms with E-state index in [4.69, 9.17) is 10.5 Å². The van der Waals surface area contributed by atoms with Gasteiger partial charge >= 0.3 is 6.18 Å². The third kappa shape index (κ3) is 7.02. The number of ether oxygens (including phenoxy) is 1. The van der Waals surface area contributed by atoms with Crippen LogP contribution in [0.3, 0.4) is 0 Å². The van der Waals surface area contributed by atoms with Crippen LogP contribution in [0.2, 0.25) is 0 Å². The zero-order chi connectivity index (χ0) is 32.4. The van der Waals surface area contributed by atoms with Gasteiger partial charge in [0, 0.05) is 50.4 Å². The highest BCUT2D eigenvalue weighted by atomic mass is 19.4. The second kappa shape index (κ2) is 13.4. The zero-order valence-electron chi connectivity index (χ0n) is 25.3. The fourth-order valence-corrected chi connectivity index (χ4v) is 6.57. The summed E-state index contributed by atoms with van der Waals surface area (Å²) in [7, 11) is 0. The lowest BCUT2D eigenvalue weighted by atomic mass is 9.78. The van der Waals surface area contributed by atoms with E-state index in [1.165, 1.54) is 22.9 Å². The van der Waals surface area contributed by atoms with Crippen LogP contribution in [0.4, 0.5) is 17.6 Å². The second-order valence-corrected chi connectivity index (χ2v) is 12.2. The van der Waals surface area contributed by atoms with E-state index in [-0.39, 0.29) is 75.0 Å². The van der Waals surface area contributed by atoms with Crippen LogP contribution in [0.5, 0.6) is 5.75 Å². The highest BCUT2D eigenvalue weighted by molar-refractivity contribution is 5.96. The number of benzene rings is 2. The molecule has 0 spiro atoms. The summed E-state index contributed by atoms with van der Waals surface area (Å²) < 4.78 is 62.2. The molecular weight excluding hydrogens is 606 g/mol. The Labute approximate surface area is 263 Å². The second-order valence-electron chi connectivity index (χ2n) is 12.2. The van der Waals surface area contributed by atoms with Crippen molar-refractivity contribution in [1.29, 1.82) is 0 Å². The third-order valence-electron chi connectivity index (χ3n) is 9.19. The molecule has 0 unspecified atom stereocenters. The molecule has 6 rings (SSSR count). The van der Waals surface area contributed by atoms with E-state index in [1.54, 1.807) is 34.2 Å². The Morgan fingerprint density at radius 1 is 0.935 bits per heavy atom. The topological polar surface area (TPSA) is 119 Å². The monoisotopic (exact) mass is 643 g/mol. The summed E-state index contributed by atoms with van der Waals surface area (Å²) in [4.78, 5) is 30.2. The molecule has 2 aromatic carbocycles. The number of nitrogens with two attached hydrogens (primary N) is 1. The van der Waals surface area contributed by atoms with E-state index >= 15 is 0 Å². The molecule has 1 aromatic heterocycles. The summed E-state index contributed by atoms with van der Waals surface area (Å²) in [6.07, 6.45) is -1.01. The summed E-state index contributed by atoms with van der Waals surface area (Å²) in [5.41, 5.74) is 7.81. The number of piperazine rings is 1. The molecule has 46 heavy (non-hydrogen) atoms. The molecule has 0 radical (unpaired) electrons. The lowest BCUT2D eigenvalue weighted by molar-refractivity contribution is -0.182. The number of nitrogens with one attached hydrogen (secondary N) is 1. The Hall–Kier alpha value is -4.04. The van der Waals surface area contributed by atoms with E-state index in [2.05, 4.69) is 15.6 Å². The maximum Gasteiger partial charge on any atom is 0.391 e. The van der Waals surface area contributed by atoms with Gasteiger partial charge in [-0.05, 0) is 86.5 Å². The summed E-state index contributed by atoms with van der Waals surface area (Å²) in [6.45, 7) is 2.74. The van der Waals surface area contributed by atoms with E-state index in [0.29, 0.717) is 42.1 Å². The number of carbonyl (C=O) groups is 2. The molecule has 3 fully saturated rings. The predicted molar refractivity (Wildman–Crippen MR) is 160 cm³/mol. The summed E-state index contributed by atoms with van der Waals surface area (Å²) >= 11 is 0. The van der Waals surface area contributed by atoms with Crippen LogP contribution in [0, 0.1) is 11.7 Å². The van der Waals surface area contributed by atoms with Crippen molar-refractivity contribution in [3.05, 3.63) is 70.8 Å². The smallest absolute Gasteiger partial charge is 0.391 e. The molecule has 0 bridgehead atoms. The van der Waals surface area contributed by atoms with Crippen molar-refractivity contribution < 1.29 is 31.9 Å². The number of halogens is 4. The SMILES string of the molecule is NCc1cn(-c2cc(F)cc(C(=O)N3CCN(C(=O)c4ccc(O[C@H]5CCNC5)c(C5CCC(C(F)(F)F)CC5)c4)CC3)c2)nn1. The van der Waals surface area contributed by atoms with Gasteiger partial charge in [0.05, 0.1) is 23.5 Å². The van der Waals surface area contributed by atoms with Gasteiger partial charge in [-0.15, -0.1) is 5.10 Å². The third-order valence-corrected chi connectivity index (χ3v) is 9.19. The first-order chi connectivity index (χ1) is 22.1. The molecule has 3 N–H and O–H groups in total. The first-order valence-corrected chi connectivity index (χ1v) is 15.7. The van der Waals surface area contributed by atoms with E-state index in [1.807, 2.05) is 0 Å². The number of aromatic nitrogens is 3. The van der Waals surface area contributed by atoms with Gasteiger partial charge in [-0.3, -0.25) is 9.59 Å².